The van der Waals surface area contributed by atoms with Crippen molar-refractivity contribution >= 4 is 11.8 Å². The van der Waals surface area contributed by atoms with Crippen LogP contribution in [-0.2, 0) is 0 Å². The first-order valence-electron chi connectivity index (χ1n) is 12.7. The largest absolute Gasteiger partial charge is 0.476 e. The van der Waals surface area contributed by atoms with Crippen LogP contribution in [0.25, 0.3) is 0 Å². The fourth-order valence-corrected chi connectivity index (χ4v) is 4.58. The zero-order valence-corrected chi connectivity index (χ0v) is 21.1. The molecule has 3 aromatic rings. The standard InChI is InChI=1S/C29H33FN4O3/c1-31-28(35)23-6-4-5-22(19-23)26(21-7-10-25(30)11-8-21)13-14-32-29(36)24-9-12-27(33-20-24)37-18-17-34-15-2-3-16-34/h4-12,19-20,26H,2-3,13-18H2,1H3,(H,31,35)(H,32,36). The fourth-order valence-electron chi connectivity index (χ4n) is 4.58. The van der Waals surface area contributed by atoms with Gasteiger partial charge in [0.05, 0.1) is 5.56 Å². The van der Waals surface area contributed by atoms with Crippen molar-refractivity contribution in [2.45, 2.75) is 25.2 Å². The second kappa shape index (κ2) is 13.0. The van der Waals surface area contributed by atoms with Crippen LogP contribution in [0.5, 0.6) is 5.88 Å². The zero-order chi connectivity index (χ0) is 26.0. The highest BCUT2D eigenvalue weighted by Crippen LogP contribution is 2.28. The SMILES string of the molecule is CNC(=O)c1cccc(C(CCNC(=O)c2ccc(OCCN3CCCC3)nc2)c2ccc(F)cc2)c1. The molecule has 194 valence electrons. The lowest BCUT2D eigenvalue weighted by Crippen LogP contribution is -2.26. The number of aromatic nitrogens is 1. The number of hydrogen-bond acceptors (Lipinski definition) is 5. The fraction of sp³-hybridized carbons (Fsp3) is 0.345. The van der Waals surface area contributed by atoms with E-state index in [0.29, 0.717) is 36.6 Å². The van der Waals surface area contributed by atoms with Gasteiger partial charge in [0, 0.05) is 43.9 Å². The topological polar surface area (TPSA) is 83.6 Å². The number of nitrogens with one attached hydrogen (secondary N) is 2. The number of likely N-dealkylation sites (tertiary alicyclic amines) is 1. The third kappa shape index (κ3) is 7.36. The first-order valence-corrected chi connectivity index (χ1v) is 12.7. The molecule has 2 N–H and O–H groups in total. The van der Waals surface area contributed by atoms with E-state index >= 15 is 0 Å². The van der Waals surface area contributed by atoms with Gasteiger partial charge in [0.2, 0.25) is 5.88 Å². The predicted molar refractivity (Wildman–Crippen MR) is 140 cm³/mol. The molecule has 1 aromatic heterocycles. The van der Waals surface area contributed by atoms with Gasteiger partial charge in [-0.2, -0.15) is 0 Å². The quantitative estimate of drug-likeness (QED) is 0.412. The van der Waals surface area contributed by atoms with Gasteiger partial charge in [-0.15, -0.1) is 0 Å². The monoisotopic (exact) mass is 504 g/mol. The number of ether oxygens (including phenoxy) is 1. The highest BCUT2D eigenvalue weighted by molar-refractivity contribution is 5.94. The number of amides is 2. The summed E-state index contributed by atoms with van der Waals surface area (Å²) in [5.41, 5.74) is 2.82. The van der Waals surface area contributed by atoms with Crippen molar-refractivity contribution < 1.29 is 18.7 Å². The minimum Gasteiger partial charge on any atom is -0.476 e. The summed E-state index contributed by atoms with van der Waals surface area (Å²) in [5, 5.41) is 5.58. The van der Waals surface area contributed by atoms with Crippen LogP contribution in [0.2, 0.25) is 0 Å². The van der Waals surface area contributed by atoms with Crippen LogP contribution >= 0.6 is 0 Å². The number of carbonyl (C=O) groups is 2. The highest BCUT2D eigenvalue weighted by atomic mass is 19.1. The molecule has 1 atom stereocenters. The number of benzene rings is 2. The Morgan fingerprint density at radius 2 is 1.78 bits per heavy atom. The first-order chi connectivity index (χ1) is 18.0. The lowest BCUT2D eigenvalue weighted by molar-refractivity contribution is 0.0948. The highest BCUT2D eigenvalue weighted by Gasteiger charge is 2.17. The van der Waals surface area contributed by atoms with Gasteiger partial charge in [-0.1, -0.05) is 24.3 Å². The Labute approximate surface area is 217 Å². The van der Waals surface area contributed by atoms with Gasteiger partial charge in [0.15, 0.2) is 0 Å². The maximum atomic E-state index is 13.6. The summed E-state index contributed by atoms with van der Waals surface area (Å²) in [6, 6.07) is 17.1. The third-order valence-corrected chi connectivity index (χ3v) is 6.62. The van der Waals surface area contributed by atoms with Crippen LogP contribution in [0.4, 0.5) is 4.39 Å². The summed E-state index contributed by atoms with van der Waals surface area (Å²) >= 11 is 0. The third-order valence-electron chi connectivity index (χ3n) is 6.62. The molecule has 2 amide bonds. The Morgan fingerprint density at radius 3 is 2.49 bits per heavy atom. The molecule has 1 aliphatic heterocycles. The number of halogens is 1. The molecule has 0 saturated carbocycles. The minimum atomic E-state index is -0.314. The van der Waals surface area contributed by atoms with E-state index in [1.165, 1.54) is 31.2 Å². The summed E-state index contributed by atoms with van der Waals surface area (Å²) in [7, 11) is 1.59. The van der Waals surface area contributed by atoms with Crippen molar-refractivity contribution in [1.82, 2.24) is 20.5 Å². The van der Waals surface area contributed by atoms with Crippen molar-refractivity contribution in [3.63, 3.8) is 0 Å². The molecular weight excluding hydrogens is 471 g/mol. The summed E-state index contributed by atoms with van der Waals surface area (Å²) in [6.45, 7) is 4.09. The number of pyridine rings is 1. The van der Waals surface area contributed by atoms with Gasteiger partial charge < -0.3 is 15.4 Å². The predicted octanol–water partition coefficient (Wildman–Crippen LogP) is 4.01. The molecule has 4 rings (SSSR count). The van der Waals surface area contributed by atoms with Gasteiger partial charge >= 0.3 is 0 Å². The maximum Gasteiger partial charge on any atom is 0.252 e. The number of hydrogen-bond donors (Lipinski definition) is 2. The maximum absolute atomic E-state index is 13.6. The molecule has 7 nitrogen and oxygen atoms in total. The Morgan fingerprint density at radius 1 is 1.00 bits per heavy atom. The molecule has 2 aromatic carbocycles. The molecule has 1 fully saturated rings. The number of nitrogens with zero attached hydrogens (tertiary/aromatic N) is 2. The Balaban J connectivity index is 1.35. The van der Waals surface area contributed by atoms with Gasteiger partial charge in [-0.25, -0.2) is 9.37 Å². The van der Waals surface area contributed by atoms with Crippen molar-refractivity contribution in [2.75, 3.05) is 39.8 Å². The van der Waals surface area contributed by atoms with Crippen LogP contribution in [-0.4, -0.2) is 61.5 Å². The molecule has 1 aliphatic rings. The van der Waals surface area contributed by atoms with Crippen LogP contribution < -0.4 is 15.4 Å². The molecule has 0 radical (unpaired) electrons. The van der Waals surface area contributed by atoms with Crippen LogP contribution in [0, 0.1) is 5.82 Å². The van der Waals surface area contributed by atoms with Gasteiger partial charge in [-0.3, -0.25) is 14.5 Å². The molecular formula is C29H33FN4O3. The van der Waals surface area contributed by atoms with E-state index in [1.807, 2.05) is 18.2 Å². The molecule has 0 aliphatic carbocycles. The van der Waals surface area contributed by atoms with Gasteiger partial charge in [0.25, 0.3) is 11.8 Å². The summed E-state index contributed by atoms with van der Waals surface area (Å²) in [5.74, 6) is -0.346. The van der Waals surface area contributed by atoms with Crippen molar-refractivity contribution in [1.29, 1.82) is 0 Å². The number of carbonyl (C=O) groups excluding carboxylic acids is 2. The molecule has 1 unspecified atom stereocenters. The lowest BCUT2D eigenvalue weighted by atomic mass is 9.87. The Hall–Kier alpha value is -3.78. The van der Waals surface area contributed by atoms with Crippen molar-refractivity contribution in [2.24, 2.45) is 0 Å². The summed E-state index contributed by atoms with van der Waals surface area (Å²) in [6.07, 6.45) is 4.58. The van der Waals surface area contributed by atoms with E-state index in [9.17, 15) is 14.0 Å². The van der Waals surface area contributed by atoms with Gasteiger partial charge in [0.1, 0.15) is 12.4 Å². The van der Waals surface area contributed by atoms with Crippen molar-refractivity contribution in [3.8, 4) is 5.88 Å². The van der Waals surface area contributed by atoms with Crippen molar-refractivity contribution in [3.05, 3.63) is 94.9 Å². The Kier molecular flexibility index (Phi) is 9.21. The van der Waals surface area contributed by atoms with E-state index in [0.717, 1.165) is 30.8 Å². The average molecular weight is 505 g/mol. The molecule has 37 heavy (non-hydrogen) atoms. The van der Waals surface area contributed by atoms with E-state index in [4.69, 9.17) is 4.74 Å². The molecule has 1 saturated heterocycles. The van der Waals surface area contributed by atoms with Crippen LogP contribution in [0.3, 0.4) is 0 Å². The second-order valence-corrected chi connectivity index (χ2v) is 9.14. The molecule has 0 spiro atoms. The van der Waals surface area contributed by atoms with Gasteiger partial charge in [-0.05, 0) is 73.8 Å². The van der Waals surface area contributed by atoms with E-state index < -0.39 is 0 Å². The first kappa shape index (κ1) is 26.3. The second-order valence-electron chi connectivity index (χ2n) is 9.14. The van der Waals surface area contributed by atoms with E-state index in [1.54, 1.807) is 37.4 Å². The van der Waals surface area contributed by atoms with E-state index in [2.05, 4.69) is 20.5 Å². The van der Waals surface area contributed by atoms with Crippen LogP contribution in [0.1, 0.15) is 57.0 Å². The smallest absolute Gasteiger partial charge is 0.252 e. The molecule has 0 bridgehead atoms. The van der Waals surface area contributed by atoms with E-state index in [-0.39, 0.29) is 23.5 Å². The number of rotatable bonds is 11. The Bertz CT molecular complexity index is 1180. The average Bonchev–Trinajstić information content (AvgIpc) is 3.45. The summed E-state index contributed by atoms with van der Waals surface area (Å²) < 4.78 is 19.3. The minimum absolute atomic E-state index is 0.130. The lowest BCUT2D eigenvalue weighted by Gasteiger charge is -2.19. The molecule has 8 heteroatoms. The van der Waals surface area contributed by atoms with Crippen LogP contribution in [0.15, 0.2) is 66.9 Å². The normalized spacial score (nSPS) is 14.2. The summed E-state index contributed by atoms with van der Waals surface area (Å²) in [4.78, 5) is 31.5. The zero-order valence-electron chi connectivity index (χ0n) is 21.1. The molecule has 2 heterocycles.